The van der Waals surface area contributed by atoms with Crippen molar-refractivity contribution in [2.24, 2.45) is 0 Å². The Bertz CT molecular complexity index is 417. The first-order valence-electron chi connectivity index (χ1n) is 6.09. The smallest absolute Gasteiger partial charge is 0.330 e. The number of ether oxygens (including phenoxy) is 1. The summed E-state index contributed by atoms with van der Waals surface area (Å²) in [5.74, 6) is -4.13. The third kappa shape index (κ3) is 5.26. The Hall–Kier alpha value is -0.850. The standard InChI is InChI=1S/C13H16ClF4NO/c1-2-19-11(9-4-3-5-10(14)6-9)7-20-8-13(17,18)12(15)16/h3-6,11-12,19H,2,7-8H2,1H3. The SMILES string of the molecule is CCNC(COCC(F)(F)C(F)F)c1cccc(Cl)c1. The van der Waals surface area contributed by atoms with Crippen LogP contribution in [0.4, 0.5) is 17.6 Å². The van der Waals surface area contributed by atoms with Crippen LogP contribution in [0.15, 0.2) is 24.3 Å². The molecule has 0 amide bonds. The van der Waals surface area contributed by atoms with Gasteiger partial charge in [-0.25, -0.2) is 8.78 Å². The molecule has 114 valence electrons. The zero-order valence-electron chi connectivity index (χ0n) is 10.9. The molecule has 0 aliphatic carbocycles. The molecular weight excluding hydrogens is 298 g/mol. The first-order chi connectivity index (χ1) is 9.36. The molecule has 0 aliphatic heterocycles. The van der Waals surface area contributed by atoms with Crippen molar-refractivity contribution in [3.63, 3.8) is 0 Å². The van der Waals surface area contributed by atoms with E-state index in [4.69, 9.17) is 16.3 Å². The van der Waals surface area contributed by atoms with Crippen molar-refractivity contribution in [2.75, 3.05) is 19.8 Å². The number of alkyl halides is 4. The van der Waals surface area contributed by atoms with Gasteiger partial charge in [-0.1, -0.05) is 30.7 Å². The lowest BCUT2D eigenvalue weighted by Gasteiger charge is -2.21. The average Bonchev–Trinajstić information content (AvgIpc) is 2.37. The minimum atomic E-state index is -4.13. The van der Waals surface area contributed by atoms with E-state index in [-0.39, 0.29) is 12.6 Å². The molecule has 0 heterocycles. The Morgan fingerprint density at radius 3 is 2.60 bits per heavy atom. The van der Waals surface area contributed by atoms with Crippen molar-refractivity contribution >= 4 is 11.6 Å². The Morgan fingerprint density at radius 1 is 1.35 bits per heavy atom. The number of hydrogen-bond donors (Lipinski definition) is 1. The number of halogens is 5. The van der Waals surface area contributed by atoms with E-state index in [9.17, 15) is 17.6 Å². The molecule has 1 aromatic rings. The second kappa shape index (κ2) is 7.81. The molecule has 1 rings (SSSR count). The first-order valence-corrected chi connectivity index (χ1v) is 6.47. The third-order valence-electron chi connectivity index (χ3n) is 2.60. The summed E-state index contributed by atoms with van der Waals surface area (Å²) >= 11 is 5.85. The van der Waals surface area contributed by atoms with Gasteiger partial charge in [0.15, 0.2) is 0 Å². The molecule has 1 atom stereocenters. The van der Waals surface area contributed by atoms with Gasteiger partial charge in [0.05, 0.1) is 12.6 Å². The van der Waals surface area contributed by atoms with Crippen molar-refractivity contribution in [3.05, 3.63) is 34.9 Å². The van der Waals surface area contributed by atoms with Crippen LogP contribution in [0.5, 0.6) is 0 Å². The molecule has 1 N–H and O–H groups in total. The zero-order valence-corrected chi connectivity index (χ0v) is 11.6. The quantitative estimate of drug-likeness (QED) is 0.735. The molecule has 0 aromatic heterocycles. The summed E-state index contributed by atoms with van der Waals surface area (Å²) in [5.41, 5.74) is 0.750. The lowest BCUT2D eigenvalue weighted by molar-refractivity contribution is -0.167. The Balaban J connectivity index is 2.60. The van der Waals surface area contributed by atoms with Gasteiger partial charge in [-0.05, 0) is 24.2 Å². The highest BCUT2D eigenvalue weighted by Gasteiger charge is 2.41. The van der Waals surface area contributed by atoms with Crippen molar-refractivity contribution in [3.8, 4) is 0 Å². The van der Waals surface area contributed by atoms with Crippen LogP contribution < -0.4 is 5.32 Å². The molecule has 0 bridgehead atoms. The highest BCUT2D eigenvalue weighted by Crippen LogP contribution is 2.24. The molecule has 0 aliphatic rings. The molecule has 20 heavy (non-hydrogen) atoms. The van der Waals surface area contributed by atoms with Crippen molar-refractivity contribution in [1.82, 2.24) is 5.32 Å². The molecule has 0 saturated carbocycles. The molecule has 0 radical (unpaired) electrons. The topological polar surface area (TPSA) is 21.3 Å². The third-order valence-corrected chi connectivity index (χ3v) is 2.83. The number of likely N-dealkylation sites (N-methyl/N-ethyl adjacent to an activating group) is 1. The highest BCUT2D eigenvalue weighted by atomic mass is 35.5. The van der Waals surface area contributed by atoms with Gasteiger partial charge in [0.2, 0.25) is 0 Å². The van der Waals surface area contributed by atoms with E-state index in [1.165, 1.54) is 0 Å². The van der Waals surface area contributed by atoms with E-state index < -0.39 is 19.0 Å². The number of nitrogens with one attached hydrogen (secondary N) is 1. The molecular formula is C13H16ClF4NO. The second-order valence-corrected chi connectivity index (χ2v) is 4.68. The summed E-state index contributed by atoms with van der Waals surface area (Å²) < 4.78 is 54.2. The van der Waals surface area contributed by atoms with Gasteiger partial charge in [0.1, 0.15) is 6.61 Å². The maximum atomic E-state index is 12.7. The van der Waals surface area contributed by atoms with Gasteiger partial charge in [-0.3, -0.25) is 0 Å². The van der Waals surface area contributed by atoms with Crippen LogP contribution in [-0.4, -0.2) is 32.1 Å². The van der Waals surface area contributed by atoms with Gasteiger partial charge in [0, 0.05) is 5.02 Å². The van der Waals surface area contributed by atoms with Crippen LogP contribution in [0.3, 0.4) is 0 Å². The van der Waals surface area contributed by atoms with E-state index in [1.807, 2.05) is 6.92 Å². The fraction of sp³-hybridized carbons (Fsp3) is 0.538. The number of benzene rings is 1. The van der Waals surface area contributed by atoms with Crippen LogP contribution in [0.2, 0.25) is 5.02 Å². The first kappa shape index (κ1) is 17.2. The second-order valence-electron chi connectivity index (χ2n) is 4.24. The lowest BCUT2D eigenvalue weighted by atomic mass is 10.1. The van der Waals surface area contributed by atoms with Gasteiger partial charge in [0.25, 0.3) is 0 Å². The van der Waals surface area contributed by atoms with Crippen LogP contribution >= 0.6 is 11.6 Å². The summed E-state index contributed by atoms with van der Waals surface area (Å²) in [6, 6.07) is 6.44. The van der Waals surface area contributed by atoms with E-state index in [1.54, 1.807) is 24.3 Å². The predicted molar refractivity (Wildman–Crippen MR) is 69.6 cm³/mol. The fourth-order valence-corrected chi connectivity index (χ4v) is 1.82. The summed E-state index contributed by atoms with van der Waals surface area (Å²) in [5, 5.41) is 3.53. The number of rotatable bonds is 8. The van der Waals surface area contributed by atoms with Gasteiger partial charge >= 0.3 is 12.3 Å². The van der Waals surface area contributed by atoms with E-state index in [0.29, 0.717) is 11.6 Å². The number of hydrogen-bond acceptors (Lipinski definition) is 2. The van der Waals surface area contributed by atoms with Crippen LogP contribution in [0.1, 0.15) is 18.5 Å². The van der Waals surface area contributed by atoms with Crippen LogP contribution in [-0.2, 0) is 4.74 Å². The summed E-state index contributed by atoms with van der Waals surface area (Å²) in [4.78, 5) is 0. The average molecular weight is 314 g/mol. The maximum Gasteiger partial charge on any atom is 0.330 e. The summed E-state index contributed by atoms with van der Waals surface area (Å²) in [6.07, 6.45) is -3.73. The zero-order chi connectivity index (χ0) is 15.2. The molecule has 0 spiro atoms. The van der Waals surface area contributed by atoms with Gasteiger partial charge < -0.3 is 10.1 Å². The van der Waals surface area contributed by atoms with Gasteiger partial charge in [-0.15, -0.1) is 0 Å². The molecule has 0 saturated heterocycles. The molecule has 7 heteroatoms. The largest absolute Gasteiger partial charge is 0.373 e. The Morgan fingerprint density at radius 2 is 2.05 bits per heavy atom. The van der Waals surface area contributed by atoms with E-state index >= 15 is 0 Å². The molecule has 0 fully saturated rings. The summed E-state index contributed by atoms with van der Waals surface area (Å²) in [7, 11) is 0. The van der Waals surface area contributed by atoms with Crippen LogP contribution in [0.25, 0.3) is 0 Å². The predicted octanol–water partition coefficient (Wildman–Crippen LogP) is 3.91. The minimum Gasteiger partial charge on any atom is -0.373 e. The highest BCUT2D eigenvalue weighted by molar-refractivity contribution is 6.30. The van der Waals surface area contributed by atoms with E-state index in [2.05, 4.69) is 5.32 Å². The Kier molecular flexibility index (Phi) is 6.71. The van der Waals surface area contributed by atoms with Crippen molar-refractivity contribution < 1.29 is 22.3 Å². The minimum absolute atomic E-state index is 0.142. The normalized spacial score (nSPS) is 13.8. The Labute approximate surface area is 120 Å². The van der Waals surface area contributed by atoms with Crippen molar-refractivity contribution in [1.29, 1.82) is 0 Å². The molecule has 2 nitrogen and oxygen atoms in total. The van der Waals surface area contributed by atoms with E-state index in [0.717, 1.165) is 5.56 Å². The van der Waals surface area contributed by atoms with Gasteiger partial charge in [-0.2, -0.15) is 8.78 Å². The maximum absolute atomic E-state index is 12.7. The fourth-order valence-electron chi connectivity index (χ4n) is 1.62. The summed E-state index contributed by atoms with van der Waals surface area (Å²) in [6.45, 7) is 0.959. The lowest BCUT2D eigenvalue weighted by Crippen LogP contribution is -2.34. The molecule has 1 aromatic carbocycles. The monoisotopic (exact) mass is 313 g/mol. The molecule has 1 unspecified atom stereocenters. The van der Waals surface area contributed by atoms with Crippen LogP contribution in [0, 0.1) is 0 Å². The van der Waals surface area contributed by atoms with Crippen molar-refractivity contribution in [2.45, 2.75) is 25.3 Å².